The Balaban J connectivity index is 3.67. The molecule has 1 unspecified atom stereocenters. The Kier molecular flexibility index (Phi) is 7.70. The van der Waals surface area contributed by atoms with Gasteiger partial charge < -0.3 is 9.79 Å². The van der Waals surface area contributed by atoms with Crippen LogP contribution in [0.3, 0.4) is 0 Å². The number of hydrogen-bond donors (Lipinski definition) is 2. The summed E-state index contributed by atoms with van der Waals surface area (Å²) in [6.07, 6.45) is 3.21. The van der Waals surface area contributed by atoms with E-state index in [4.69, 9.17) is 4.18 Å². The molecule has 0 saturated carbocycles. The molecule has 13 heavy (non-hydrogen) atoms. The van der Waals surface area contributed by atoms with Crippen molar-refractivity contribution in [3.05, 3.63) is 0 Å². The molecule has 0 aliphatic heterocycles. The summed E-state index contributed by atoms with van der Waals surface area (Å²) in [7, 11) is -0.815. The number of hydrogen-bond acceptors (Lipinski definition) is 2. The van der Waals surface area contributed by atoms with Gasteiger partial charge in [-0.3, -0.25) is 0 Å². The summed E-state index contributed by atoms with van der Waals surface area (Å²) in [6, 6.07) is 0. The lowest BCUT2D eigenvalue weighted by molar-refractivity contribution is 0.348. The maximum atomic E-state index is 9.20. The van der Waals surface area contributed by atoms with Gasteiger partial charge in [0.2, 0.25) is 10.8 Å². The van der Waals surface area contributed by atoms with E-state index in [9.17, 15) is 9.79 Å². The van der Waals surface area contributed by atoms with E-state index in [0.29, 0.717) is 12.4 Å². The van der Waals surface area contributed by atoms with Crippen molar-refractivity contribution in [1.82, 2.24) is 0 Å². The molecule has 2 N–H and O–H groups in total. The summed E-state index contributed by atoms with van der Waals surface area (Å²) in [5, 5.41) is 0. The van der Waals surface area contributed by atoms with E-state index in [2.05, 4.69) is 18.7 Å². The van der Waals surface area contributed by atoms with Crippen LogP contribution >= 0.6 is 5.69 Å². The van der Waals surface area contributed by atoms with Crippen molar-refractivity contribution in [1.29, 1.82) is 0 Å². The predicted octanol–water partition coefficient (Wildman–Crippen LogP) is 1.96. The van der Waals surface area contributed by atoms with Gasteiger partial charge in [-0.15, -0.1) is 0 Å². The molecule has 6 heteroatoms. The molecule has 0 aromatic rings. The first-order chi connectivity index (χ1) is 6.02. The molecule has 0 heterocycles. The summed E-state index contributed by atoms with van der Waals surface area (Å²) in [4.78, 5) is 18.4. The Labute approximate surface area is 88.0 Å². The summed E-state index contributed by atoms with van der Waals surface area (Å²) in [5.41, 5.74) is -3.19. The highest BCUT2D eigenvalue weighted by atomic mass is 33.0. The molecule has 80 valence electrons. The van der Waals surface area contributed by atoms with E-state index >= 15 is 0 Å². The molecule has 0 aliphatic carbocycles. The summed E-state index contributed by atoms with van der Waals surface area (Å²) >= 11 is 4.59. The summed E-state index contributed by atoms with van der Waals surface area (Å²) < 4.78 is 5.33. The highest BCUT2D eigenvalue weighted by Crippen LogP contribution is 2.46. The third-order valence-electron chi connectivity index (χ3n) is 1.48. The van der Waals surface area contributed by atoms with Gasteiger partial charge in [-0.1, -0.05) is 19.8 Å². The van der Waals surface area contributed by atoms with Crippen LogP contribution in [0.15, 0.2) is 0 Å². The topological polar surface area (TPSA) is 49.7 Å². The monoisotopic (exact) mass is 245 g/mol. The van der Waals surface area contributed by atoms with Crippen LogP contribution in [0, 0.1) is 0 Å². The zero-order valence-electron chi connectivity index (χ0n) is 8.10. The molecule has 0 saturated heterocycles. The van der Waals surface area contributed by atoms with E-state index in [0.717, 1.165) is 19.3 Å². The Bertz CT molecular complexity index is 171. The standard InChI is InChI=1S/C7H17O3PS2/c1-3-5-6-7-10-13(4-2)11(8,9)12/h3-7H2,1-2H3,(H-,8,9,12)/p+1. The van der Waals surface area contributed by atoms with Gasteiger partial charge in [0.05, 0.1) is 0 Å². The summed E-state index contributed by atoms with van der Waals surface area (Å²) in [6.45, 7) is 4.56. The normalized spacial score (nSPS) is 14.5. The SMILES string of the molecule is CCCCCO[S+](CC)P(O)(O)=S. The second kappa shape index (κ2) is 7.21. The minimum atomic E-state index is -3.19. The van der Waals surface area contributed by atoms with Crippen molar-refractivity contribution in [3.8, 4) is 0 Å². The first kappa shape index (κ1) is 13.9. The van der Waals surface area contributed by atoms with Crippen molar-refractivity contribution in [2.45, 2.75) is 33.1 Å². The van der Waals surface area contributed by atoms with Gasteiger partial charge in [-0.25, -0.2) is 0 Å². The quantitative estimate of drug-likeness (QED) is 0.409. The maximum absolute atomic E-state index is 9.20. The first-order valence-electron chi connectivity index (χ1n) is 4.42. The minimum absolute atomic E-state index is 0.588. The molecule has 0 amide bonds. The molecule has 0 bridgehead atoms. The van der Waals surface area contributed by atoms with Crippen LogP contribution in [-0.4, -0.2) is 22.1 Å². The fourth-order valence-electron chi connectivity index (χ4n) is 0.827. The average Bonchev–Trinajstić information content (AvgIpc) is 2.02. The highest BCUT2D eigenvalue weighted by Gasteiger charge is 2.36. The molecule has 1 atom stereocenters. The lowest BCUT2D eigenvalue weighted by Crippen LogP contribution is -2.10. The Morgan fingerprint density at radius 1 is 1.31 bits per heavy atom. The van der Waals surface area contributed by atoms with Gasteiger partial charge in [-0.05, 0) is 13.3 Å². The Morgan fingerprint density at radius 3 is 2.31 bits per heavy atom. The van der Waals surface area contributed by atoms with E-state index < -0.39 is 16.5 Å². The van der Waals surface area contributed by atoms with E-state index in [1.807, 2.05) is 6.92 Å². The lowest BCUT2D eigenvalue weighted by Gasteiger charge is -2.07. The lowest BCUT2D eigenvalue weighted by atomic mass is 10.3. The van der Waals surface area contributed by atoms with Gasteiger partial charge in [0.15, 0.2) is 0 Å². The van der Waals surface area contributed by atoms with Crippen molar-refractivity contribution < 1.29 is 14.0 Å². The van der Waals surface area contributed by atoms with Crippen molar-refractivity contribution >= 4 is 28.3 Å². The van der Waals surface area contributed by atoms with Gasteiger partial charge in [0.25, 0.3) is 0 Å². The number of unbranched alkanes of at least 4 members (excludes halogenated alkanes) is 2. The zero-order valence-corrected chi connectivity index (χ0v) is 10.6. The highest BCUT2D eigenvalue weighted by molar-refractivity contribution is 8.63. The van der Waals surface area contributed by atoms with Gasteiger partial charge >= 0.3 is 5.69 Å². The van der Waals surface area contributed by atoms with Crippen molar-refractivity contribution in [3.63, 3.8) is 0 Å². The zero-order chi connectivity index (χ0) is 10.3. The van der Waals surface area contributed by atoms with Crippen LogP contribution in [0.2, 0.25) is 0 Å². The van der Waals surface area contributed by atoms with Gasteiger partial charge in [0, 0.05) is 11.8 Å². The van der Waals surface area contributed by atoms with E-state index in [1.165, 1.54) is 0 Å². The molecular formula is C7H18O3PS2+. The molecule has 0 rings (SSSR count). The Hall–Kier alpha value is 0.880. The molecule has 0 radical (unpaired) electrons. The fraction of sp³-hybridized carbons (Fsp3) is 1.00. The average molecular weight is 245 g/mol. The second-order valence-corrected chi connectivity index (χ2v) is 10.0. The van der Waals surface area contributed by atoms with Crippen molar-refractivity contribution in [2.24, 2.45) is 0 Å². The molecule has 0 aromatic heterocycles. The molecular weight excluding hydrogens is 227 g/mol. The van der Waals surface area contributed by atoms with Crippen LogP contribution < -0.4 is 0 Å². The fourth-order valence-corrected chi connectivity index (χ4v) is 4.76. The van der Waals surface area contributed by atoms with Crippen molar-refractivity contribution in [2.75, 3.05) is 12.4 Å². The minimum Gasteiger partial charge on any atom is -0.305 e. The van der Waals surface area contributed by atoms with E-state index in [1.54, 1.807) is 0 Å². The Morgan fingerprint density at radius 2 is 1.92 bits per heavy atom. The largest absolute Gasteiger partial charge is 0.428 e. The van der Waals surface area contributed by atoms with Gasteiger partial charge in [-0.2, -0.15) is 4.18 Å². The molecule has 0 spiro atoms. The van der Waals surface area contributed by atoms with E-state index in [-0.39, 0.29) is 0 Å². The summed E-state index contributed by atoms with van der Waals surface area (Å²) in [5.74, 6) is 0.594. The predicted molar refractivity (Wildman–Crippen MR) is 62.1 cm³/mol. The number of rotatable bonds is 7. The third-order valence-corrected chi connectivity index (χ3v) is 7.12. The van der Waals surface area contributed by atoms with Crippen LogP contribution in [0.1, 0.15) is 33.1 Å². The van der Waals surface area contributed by atoms with Crippen LogP contribution in [0.5, 0.6) is 0 Å². The molecule has 0 aliphatic rings. The van der Waals surface area contributed by atoms with Gasteiger partial charge in [0.1, 0.15) is 12.4 Å². The maximum Gasteiger partial charge on any atom is 0.428 e. The molecule has 3 nitrogen and oxygen atoms in total. The van der Waals surface area contributed by atoms with Crippen LogP contribution in [-0.2, 0) is 26.8 Å². The third kappa shape index (κ3) is 6.89. The van der Waals surface area contributed by atoms with Crippen LogP contribution in [0.25, 0.3) is 0 Å². The molecule has 0 fully saturated rings. The molecule has 0 aromatic carbocycles. The smallest absolute Gasteiger partial charge is 0.305 e. The van der Waals surface area contributed by atoms with Crippen LogP contribution in [0.4, 0.5) is 0 Å². The second-order valence-electron chi connectivity index (χ2n) is 2.63. The first-order valence-corrected chi connectivity index (χ1v) is 9.06.